The maximum absolute atomic E-state index is 10.9. The van der Waals surface area contributed by atoms with E-state index in [0.717, 1.165) is 11.8 Å². The van der Waals surface area contributed by atoms with Gasteiger partial charge in [-0.25, -0.2) is 0 Å². The fraction of sp³-hybridized carbons (Fsp3) is 0.250. The first-order valence-electron chi connectivity index (χ1n) is 5.37. The molecule has 0 fully saturated rings. The summed E-state index contributed by atoms with van der Waals surface area (Å²) in [5.74, 6) is 0.847. The van der Waals surface area contributed by atoms with Gasteiger partial charge in [-0.05, 0) is 6.07 Å². The third-order valence-corrected chi connectivity index (χ3v) is 3.04. The number of nitrogens with zero attached hydrogens (tertiary/aromatic N) is 1. The van der Waals surface area contributed by atoms with E-state index >= 15 is 0 Å². The van der Waals surface area contributed by atoms with Gasteiger partial charge >= 0.3 is 0 Å². The molecule has 0 aromatic heterocycles. The monoisotopic (exact) mass is 282 g/mol. The van der Waals surface area contributed by atoms with Gasteiger partial charge in [0, 0.05) is 18.2 Å². The van der Waals surface area contributed by atoms with Gasteiger partial charge in [0.25, 0.3) is 5.69 Å². The zero-order valence-corrected chi connectivity index (χ0v) is 11.4. The first-order valence-corrected chi connectivity index (χ1v) is 6.36. The van der Waals surface area contributed by atoms with Crippen LogP contribution in [0.2, 0.25) is 0 Å². The number of nitrogens with two attached hydrogens (primary N) is 1. The molecular weight excluding hydrogens is 268 g/mol. The third-order valence-electron chi connectivity index (χ3n) is 2.28. The molecule has 0 unspecified atom stereocenters. The Hall–Kier alpha value is -2.02. The van der Waals surface area contributed by atoms with Gasteiger partial charge in [0.1, 0.15) is 11.4 Å². The summed E-state index contributed by atoms with van der Waals surface area (Å²) < 4.78 is 4.99. The molecule has 7 heteroatoms. The number of carbonyl (C=O) groups excluding carboxylic acids is 1. The van der Waals surface area contributed by atoms with E-state index in [1.54, 1.807) is 18.2 Å². The van der Waals surface area contributed by atoms with Gasteiger partial charge in [0.15, 0.2) is 5.12 Å². The highest BCUT2D eigenvalue weighted by atomic mass is 32.2. The van der Waals surface area contributed by atoms with Crippen molar-refractivity contribution in [2.75, 3.05) is 18.6 Å². The number of methoxy groups -OCH3 is 1. The molecule has 0 aliphatic carbocycles. The largest absolute Gasteiger partial charge is 0.496 e. The number of ether oxygens (including phenoxy) is 1. The van der Waals surface area contributed by atoms with E-state index in [1.165, 1.54) is 20.1 Å². The van der Waals surface area contributed by atoms with E-state index < -0.39 is 4.92 Å². The normalized spacial score (nSPS) is 10.6. The average Bonchev–Trinajstić information content (AvgIpc) is 2.35. The number of rotatable bonds is 5. The highest BCUT2D eigenvalue weighted by Crippen LogP contribution is 2.31. The molecule has 0 aliphatic rings. The lowest BCUT2D eigenvalue weighted by molar-refractivity contribution is -0.384. The van der Waals surface area contributed by atoms with Crippen LogP contribution in [0.4, 0.5) is 11.4 Å². The molecule has 0 heterocycles. The summed E-state index contributed by atoms with van der Waals surface area (Å²) in [6.07, 6.45) is 3.36. The highest BCUT2D eigenvalue weighted by molar-refractivity contribution is 8.13. The topological polar surface area (TPSA) is 95.5 Å². The van der Waals surface area contributed by atoms with Crippen molar-refractivity contribution in [2.45, 2.75) is 6.92 Å². The van der Waals surface area contributed by atoms with Crippen molar-refractivity contribution in [2.24, 2.45) is 0 Å². The molecule has 0 spiro atoms. The Labute approximate surface area is 114 Å². The molecular formula is C12H14N2O4S. The Morgan fingerprint density at radius 1 is 1.58 bits per heavy atom. The molecule has 0 saturated heterocycles. The minimum Gasteiger partial charge on any atom is -0.496 e. The number of thioether (sulfide) groups is 1. The first kappa shape index (κ1) is 15.0. The maximum atomic E-state index is 10.9. The summed E-state index contributed by atoms with van der Waals surface area (Å²) in [6, 6.07) is 2.88. The van der Waals surface area contributed by atoms with Crippen molar-refractivity contribution in [1.29, 1.82) is 0 Å². The average molecular weight is 282 g/mol. The van der Waals surface area contributed by atoms with Crippen LogP contribution in [-0.2, 0) is 4.79 Å². The summed E-state index contributed by atoms with van der Waals surface area (Å²) in [4.78, 5) is 21.1. The van der Waals surface area contributed by atoms with E-state index in [-0.39, 0.29) is 16.5 Å². The number of anilines is 1. The lowest BCUT2D eigenvalue weighted by Crippen LogP contribution is -1.99. The van der Waals surface area contributed by atoms with Gasteiger partial charge in [-0.1, -0.05) is 23.9 Å². The van der Waals surface area contributed by atoms with Crippen molar-refractivity contribution < 1.29 is 14.5 Å². The standard InChI is InChI=1S/C12H14N2O4S/c1-8(15)19-5-3-4-9-6-10(18-2)7-11(12(9)13)14(16)17/h3-4,6-7H,5,13H2,1-2H3. The Morgan fingerprint density at radius 2 is 2.26 bits per heavy atom. The lowest BCUT2D eigenvalue weighted by Gasteiger charge is -2.05. The second-order valence-electron chi connectivity index (χ2n) is 3.61. The van der Waals surface area contributed by atoms with E-state index in [4.69, 9.17) is 10.5 Å². The number of hydrogen-bond acceptors (Lipinski definition) is 6. The molecule has 6 nitrogen and oxygen atoms in total. The van der Waals surface area contributed by atoms with Crippen LogP contribution in [0.25, 0.3) is 6.08 Å². The molecule has 102 valence electrons. The van der Waals surface area contributed by atoms with Gasteiger partial charge in [0.2, 0.25) is 0 Å². The molecule has 19 heavy (non-hydrogen) atoms. The van der Waals surface area contributed by atoms with E-state index in [1.807, 2.05) is 0 Å². The Balaban J connectivity index is 3.02. The smallest absolute Gasteiger partial charge is 0.296 e. The van der Waals surface area contributed by atoms with Crippen molar-refractivity contribution in [1.82, 2.24) is 0 Å². The molecule has 0 aliphatic heterocycles. The predicted octanol–water partition coefficient (Wildman–Crippen LogP) is 2.48. The van der Waals surface area contributed by atoms with Gasteiger partial charge in [-0.3, -0.25) is 14.9 Å². The number of carbonyl (C=O) groups is 1. The predicted molar refractivity (Wildman–Crippen MR) is 76.2 cm³/mol. The summed E-state index contributed by atoms with van der Waals surface area (Å²) in [7, 11) is 1.42. The number of hydrogen-bond donors (Lipinski definition) is 1. The second kappa shape index (κ2) is 6.79. The lowest BCUT2D eigenvalue weighted by atomic mass is 10.1. The Bertz CT molecular complexity index is 529. The van der Waals surface area contributed by atoms with E-state index in [9.17, 15) is 14.9 Å². The van der Waals surface area contributed by atoms with Crippen molar-refractivity contribution in [3.05, 3.63) is 33.9 Å². The minimum atomic E-state index is -0.556. The van der Waals surface area contributed by atoms with Crippen LogP contribution in [-0.4, -0.2) is 22.9 Å². The van der Waals surface area contributed by atoms with Gasteiger partial charge in [0.05, 0.1) is 18.1 Å². The van der Waals surface area contributed by atoms with Crippen LogP contribution < -0.4 is 10.5 Å². The van der Waals surface area contributed by atoms with Gasteiger partial charge in [-0.15, -0.1) is 0 Å². The van der Waals surface area contributed by atoms with Gasteiger partial charge in [-0.2, -0.15) is 0 Å². The summed E-state index contributed by atoms with van der Waals surface area (Å²) >= 11 is 1.15. The van der Waals surface area contributed by atoms with Gasteiger partial charge < -0.3 is 10.5 Å². The molecule has 0 amide bonds. The van der Waals surface area contributed by atoms with Crippen LogP contribution in [0, 0.1) is 10.1 Å². The molecule has 1 aromatic rings. The number of benzene rings is 1. The zero-order chi connectivity index (χ0) is 14.4. The quantitative estimate of drug-likeness (QED) is 0.506. The summed E-state index contributed by atoms with van der Waals surface area (Å²) in [5, 5.41) is 10.9. The Morgan fingerprint density at radius 3 is 2.79 bits per heavy atom. The molecule has 1 rings (SSSR count). The number of nitro benzene ring substituents is 1. The second-order valence-corrected chi connectivity index (χ2v) is 4.81. The summed E-state index contributed by atoms with van der Waals surface area (Å²) in [5.41, 5.74) is 6.11. The minimum absolute atomic E-state index is 0.00856. The molecule has 0 bridgehead atoms. The van der Waals surface area contributed by atoms with Crippen LogP contribution in [0.1, 0.15) is 12.5 Å². The van der Waals surface area contributed by atoms with E-state index in [0.29, 0.717) is 17.1 Å². The van der Waals surface area contributed by atoms with E-state index in [2.05, 4.69) is 0 Å². The van der Waals surface area contributed by atoms with Crippen LogP contribution >= 0.6 is 11.8 Å². The fourth-order valence-electron chi connectivity index (χ4n) is 1.38. The molecule has 0 radical (unpaired) electrons. The summed E-state index contributed by atoms with van der Waals surface area (Å²) in [6.45, 7) is 1.48. The third kappa shape index (κ3) is 4.29. The fourth-order valence-corrected chi connectivity index (χ4v) is 1.81. The zero-order valence-electron chi connectivity index (χ0n) is 10.6. The Kier molecular flexibility index (Phi) is 5.37. The van der Waals surface area contributed by atoms with Crippen LogP contribution in [0.15, 0.2) is 18.2 Å². The highest BCUT2D eigenvalue weighted by Gasteiger charge is 2.16. The first-order chi connectivity index (χ1) is 8.95. The van der Waals surface area contributed by atoms with Crippen LogP contribution in [0.3, 0.4) is 0 Å². The van der Waals surface area contributed by atoms with Crippen molar-refractivity contribution >= 4 is 34.3 Å². The number of nitrogen functional groups attached to an aromatic ring is 1. The van der Waals surface area contributed by atoms with Crippen molar-refractivity contribution in [3.8, 4) is 5.75 Å². The number of nitro groups is 1. The SMILES string of the molecule is COc1cc(C=CCSC(C)=O)c(N)c([N+](=O)[O-])c1. The molecule has 0 saturated carbocycles. The molecule has 2 N–H and O–H groups in total. The maximum Gasteiger partial charge on any atom is 0.296 e. The molecule has 1 aromatic carbocycles. The van der Waals surface area contributed by atoms with Crippen LogP contribution in [0.5, 0.6) is 5.75 Å². The van der Waals surface area contributed by atoms with Crippen molar-refractivity contribution in [3.63, 3.8) is 0 Å². The molecule has 0 atom stereocenters.